The molecule has 1 aliphatic carbocycles. The van der Waals surface area contributed by atoms with E-state index >= 15 is 0 Å². The van der Waals surface area contributed by atoms with Gasteiger partial charge in [0, 0.05) is 5.56 Å². The molecule has 0 N–H and O–H groups in total. The van der Waals surface area contributed by atoms with Crippen LogP contribution in [0.3, 0.4) is 0 Å². The number of likely N-dealkylation sites (N-methyl/N-ethyl adjacent to an activating group) is 1. The predicted molar refractivity (Wildman–Crippen MR) is 84.4 cm³/mol. The van der Waals surface area contributed by atoms with Crippen LogP contribution >= 0.6 is 0 Å². The highest BCUT2D eigenvalue weighted by molar-refractivity contribution is 6.04. The third-order valence-corrected chi connectivity index (χ3v) is 4.25. The second-order valence-electron chi connectivity index (χ2n) is 5.81. The summed E-state index contributed by atoms with van der Waals surface area (Å²) in [6.07, 6.45) is 1.80. The lowest BCUT2D eigenvalue weighted by molar-refractivity contribution is -0.156. The van der Waals surface area contributed by atoms with Gasteiger partial charge in [0.15, 0.2) is 0 Å². The second-order valence-corrected chi connectivity index (χ2v) is 5.81. The van der Waals surface area contributed by atoms with Crippen molar-refractivity contribution < 1.29 is 9.63 Å². The van der Waals surface area contributed by atoms with E-state index in [0.717, 1.165) is 37.2 Å². The summed E-state index contributed by atoms with van der Waals surface area (Å²) in [6, 6.07) is 8.14. The Balaban J connectivity index is 2.10. The molecule has 0 bridgehead atoms. The number of carbonyl (C=O) groups is 1. The van der Waals surface area contributed by atoms with Crippen molar-refractivity contribution in [2.75, 3.05) is 13.1 Å². The number of benzene rings is 1. The molecule has 1 aromatic rings. The van der Waals surface area contributed by atoms with Gasteiger partial charge in [-0.25, -0.2) is 4.79 Å². The van der Waals surface area contributed by atoms with Crippen molar-refractivity contribution in [2.24, 2.45) is 5.16 Å². The van der Waals surface area contributed by atoms with E-state index in [9.17, 15) is 4.79 Å². The van der Waals surface area contributed by atoms with Crippen molar-refractivity contribution in [1.82, 2.24) is 4.90 Å². The molecule has 0 fully saturated rings. The van der Waals surface area contributed by atoms with Crippen LogP contribution in [-0.2, 0) is 16.1 Å². The first kappa shape index (κ1) is 15.7. The minimum Gasteiger partial charge on any atom is -0.316 e. The van der Waals surface area contributed by atoms with Crippen molar-refractivity contribution in [2.45, 2.75) is 46.1 Å². The largest absolute Gasteiger partial charge is 0.354 e. The summed E-state index contributed by atoms with van der Waals surface area (Å²) in [4.78, 5) is 19.6. The molecule has 0 unspecified atom stereocenters. The minimum absolute atomic E-state index is 0.303. The maximum Gasteiger partial charge on any atom is 0.354 e. The number of carbonyl (C=O) groups excluding carboxylic acids is 1. The SMILES string of the molecule is CCN(CC)C(C)(C)C(=O)O/N=C1\CCc2ccccc21. The zero-order chi connectivity index (χ0) is 15.5. The van der Waals surface area contributed by atoms with Gasteiger partial charge < -0.3 is 4.84 Å². The Labute approximate surface area is 126 Å². The average Bonchev–Trinajstić information content (AvgIpc) is 2.89. The monoisotopic (exact) mass is 288 g/mol. The van der Waals surface area contributed by atoms with Gasteiger partial charge in [0.25, 0.3) is 0 Å². The Bertz CT molecular complexity index is 545. The highest BCUT2D eigenvalue weighted by Gasteiger charge is 2.35. The van der Waals surface area contributed by atoms with Gasteiger partial charge in [-0.05, 0) is 45.3 Å². The Morgan fingerprint density at radius 1 is 1.24 bits per heavy atom. The molecule has 21 heavy (non-hydrogen) atoms. The normalized spacial score (nSPS) is 16.3. The van der Waals surface area contributed by atoms with E-state index in [1.807, 2.05) is 45.9 Å². The van der Waals surface area contributed by atoms with Crippen LogP contribution in [0.5, 0.6) is 0 Å². The first-order chi connectivity index (χ1) is 10.0. The third kappa shape index (κ3) is 3.16. The standard InChI is InChI=1S/C17H24N2O2/c1-5-19(6-2)17(3,4)16(20)21-18-15-12-11-13-9-7-8-10-14(13)15/h7-10H,5-6,11-12H2,1-4H3/b18-15+. The van der Waals surface area contributed by atoms with E-state index < -0.39 is 5.54 Å². The molecular weight excluding hydrogens is 264 g/mol. The summed E-state index contributed by atoms with van der Waals surface area (Å²) in [5.41, 5.74) is 2.58. The molecule has 4 heteroatoms. The minimum atomic E-state index is -0.661. The Morgan fingerprint density at radius 3 is 2.57 bits per heavy atom. The molecule has 2 rings (SSSR count). The van der Waals surface area contributed by atoms with Crippen molar-refractivity contribution >= 4 is 11.7 Å². The first-order valence-corrected chi connectivity index (χ1v) is 7.62. The van der Waals surface area contributed by atoms with Crippen molar-refractivity contribution in [3.63, 3.8) is 0 Å². The van der Waals surface area contributed by atoms with Crippen LogP contribution < -0.4 is 0 Å². The predicted octanol–water partition coefficient (Wildman–Crippen LogP) is 3.00. The number of hydrogen-bond donors (Lipinski definition) is 0. The molecule has 0 spiro atoms. The topological polar surface area (TPSA) is 41.9 Å². The summed E-state index contributed by atoms with van der Waals surface area (Å²) in [7, 11) is 0. The van der Waals surface area contributed by atoms with Gasteiger partial charge in [0.05, 0.1) is 5.71 Å². The number of fused-ring (bicyclic) bond motifs is 1. The van der Waals surface area contributed by atoms with Gasteiger partial charge in [-0.15, -0.1) is 0 Å². The lowest BCUT2D eigenvalue weighted by atomic mass is 10.0. The summed E-state index contributed by atoms with van der Waals surface area (Å²) in [5, 5.41) is 4.12. The Morgan fingerprint density at radius 2 is 1.90 bits per heavy atom. The van der Waals surface area contributed by atoms with Gasteiger partial charge in [-0.2, -0.15) is 0 Å². The van der Waals surface area contributed by atoms with Crippen LogP contribution in [0.1, 0.15) is 45.2 Å². The molecule has 0 aromatic heterocycles. The summed E-state index contributed by atoms with van der Waals surface area (Å²) < 4.78 is 0. The fourth-order valence-electron chi connectivity index (χ4n) is 2.85. The highest BCUT2D eigenvalue weighted by atomic mass is 16.7. The number of rotatable bonds is 5. The van der Waals surface area contributed by atoms with Crippen molar-refractivity contribution in [3.05, 3.63) is 35.4 Å². The van der Waals surface area contributed by atoms with Gasteiger partial charge >= 0.3 is 5.97 Å². The fraction of sp³-hybridized carbons (Fsp3) is 0.529. The van der Waals surface area contributed by atoms with E-state index in [-0.39, 0.29) is 5.97 Å². The molecule has 0 amide bonds. The summed E-state index contributed by atoms with van der Waals surface area (Å²) >= 11 is 0. The first-order valence-electron chi connectivity index (χ1n) is 7.62. The van der Waals surface area contributed by atoms with Gasteiger partial charge in [0.1, 0.15) is 5.54 Å². The van der Waals surface area contributed by atoms with E-state index in [1.165, 1.54) is 5.56 Å². The van der Waals surface area contributed by atoms with Crippen molar-refractivity contribution in [1.29, 1.82) is 0 Å². The molecule has 0 heterocycles. The second kappa shape index (κ2) is 6.39. The lowest BCUT2D eigenvalue weighted by Crippen LogP contribution is -2.50. The van der Waals surface area contributed by atoms with Crippen LogP contribution in [0.4, 0.5) is 0 Å². The Hall–Kier alpha value is -1.68. The lowest BCUT2D eigenvalue weighted by Gasteiger charge is -2.33. The molecule has 0 saturated carbocycles. The van der Waals surface area contributed by atoms with Crippen LogP contribution in [-0.4, -0.2) is 35.2 Å². The van der Waals surface area contributed by atoms with Gasteiger partial charge in [0.2, 0.25) is 0 Å². The molecule has 4 nitrogen and oxygen atoms in total. The van der Waals surface area contributed by atoms with Gasteiger partial charge in [-0.1, -0.05) is 43.3 Å². The van der Waals surface area contributed by atoms with Crippen molar-refractivity contribution in [3.8, 4) is 0 Å². The van der Waals surface area contributed by atoms with Gasteiger partial charge in [-0.3, -0.25) is 4.90 Å². The van der Waals surface area contributed by atoms with E-state index in [0.29, 0.717) is 0 Å². The smallest absolute Gasteiger partial charge is 0.316 e. The van der Waals surface area contributed by atoms with Crippen LogP contribution in [0.2, 0.25) is 0 Å². The summed E-state index contributed by atoms with van der Waals surface area (Å²) in [5.74, 6) is -0.303. The number of aryl methyl sites for hydroxylation is 1. The maximum atomic E-state index is 12.3. The van der Waals surface area contributed by atoms with E-state index in [1.54, 1.807) is 0 Å². The highest BCUT2D eigenvalue weighted by Crippen LogP contribution is 2.23. The van der Waals surface area contributed by atoms with E-state index in [4.69, 9.17) is 4.84 Å². The average molecular weight is 288 g/mol. The Kier molecular flexibility index (Phi) is 4.78. The van der Waals surface area contributed by atoms with Crippen LogP contribution in [0.25, 0.3) is 0 Å². The zero-order valence-corrected chi connectivity index (χ0v) is 13.3. The quantitative estimate of drug-likeness (QED) is 0.618. The number of oxime groups is 1. The van der Waals surface area contributed by atoms with E-state index in [2.05, 4.69) is 16.1 Å². The molecule has 0 saturated heterocycles. The number of nitrogens with zero attached hydrogens (tertiary/aromatic N) is 2. The molecule has 0 aliphatic heterocycles. The fourth-order valence-corrected chi connectivity index (χ4v) is 2.85. The molecular formula is C17H24N2O2. The number of hydrogen-bond acceptors (Lipinski definition) is 4. The van der Waals surface area contributed by atoms with Crippen LogP contribution in [0.15, 0.2) is 29.4 Å². The zero-order valence-electron chi connectivity index (χ0n) is 13.3. The molecule has 0 atom stereocenters. The van der Waals surface area contributed by atoms with Crippen LogP contribution in [0, 0.1) is 0 Å². The molecule has 114 valence electrons. The molecule has 1 aliphatic rings. The molecule has 1 aromatic carbocycles. The molecule has 0 radical (unpaired) electrons. The summed E-state index contributed by atoms with van der Waals surface area (Å²) in [6.45, 7) is 9.45. The maximum absolute atomic E-state index is 12.3. The third-order valence-electron chi connectivity index (χ3n) is 4.25.